The van der Waals surface area contributed by atoms with Crippen LogP contribution in [-0.2, 0) is 13.0 Å². The van der Waals surface area contributed by atoms with Gasteiger partial charge >= 0.3 is 0 Å². The molecular formula is C21H24N2O2. The first-order valence-electron chi connectivity index (χ1n) is 8.99. The molecule has 0 unspecified atom stereocenters. The smallest absolute Gasteiger partial charge is 0.254 e. The SMILES string of the molecule is COc1ccc2c(c1)CCN([C@@H]1CCN(Cc3ccccc3)C1)C2=O. The van der Waals surface area contributed by atoms with Gasteiger partial charge in [-0.1, -0.05) is 30.3 Å². The Labute approximate surface area is 149 Å². The number of amides is 1. The van der Waals surface area contributed by atoms with Crippen LogP contribution in [0.2, 0.25) is 0 Å². The lowest BCUT2D eigenvalue weighted by Gasteiger charge is -2.33. The minimum atomic E-state index is 0.176. The zero-order valence-corrected chi connectivity index (χ0v) is 14.6. The molecule has 1 atom stereocenters. The highest BCUT2D eigenvalue weighted by Crippen LogP contribution is 2.27. The Bertz CT molecular complexity index is 760. The van der Waals surface area contributed by atoms with Gasteiger partial charge in [0.25, 0.3) is 5.91 Å². The van der Waals surface area contributed by atoms with E-state index in [1.807, 2.05) is 18.2 Å². The predicted octanol–water partition coefficient (Wildman–Crippen LogP) is 2.97. The molecule has 1 saturated heterocycles. The molecule has 25 heavy (non-hydrogen) atoms. The van der Waals surface area contributed by atoms with Crippen molar-refractivity contribution in [1.82, 2.24) is 9.80 Å². The van der Waals surface area contributed by atoms with Crippen LogP contribution in [0.4, 0.5) is 0 Å². The summed E-state index contributed by atoms with van der Waals surface area (Å²) in [4.78, 5) is 17.5. The molecule has 2 aromatic rings. The minimum absolute atomic E-state index is 0.176. The lowest BCUT2D eigenvalue weighted by Crippen LogP contribution is -2.45. The van der Waals surface area contributed by atoms with E-state index in [4.69, 9.17) is 4.74 Å². The number of rotatable bonds is 4. The van der Waals surface area contributed by atoms with Crippen molar-refractivity contribution < 1.29 is 9.53 Å². The molecule has 1 amide bonds. The van der Waals surface area contributed by atoms with Gasteiger partial charge in [-0.3, -0.25) is 9.69 Å². The van der Waals surface area contributed by atoms with Gasteiger partial charge < -0.3 is 9.64 Å². The molecule has 2 aliphatic rings. The molecular weight excluding hydrogens is 312 g/mol. The largest absolute Gasteiger partial charge is 0.497 e. The van der Waals surface area contributed by atoms with Crippen molar-refractivity contribution in [2.75, 3.05) is 26.7 Å². The second-order valence-corrected chi connectivity index (χ2v) is 6.93. The van der Waals surface area contributed by atoms with Crippen LogP contribution >= 0.6 is 0 Å². The van der Waals surface area contributed by atoms with Crippen LogP contribution in [-0.4, -0.2) is 48.5 Å². The topological polar surface area (TPSA) is 32.8 Å². The predicted molar refractivity (Wildman–Crippen MR) is 97.9 cm³/mol. The zero-order chi connectivity index (χ0) is 17.2. The Hall–Kier alpha value is -2.33. The van der Waals surface area contributed by atoms with E-state index >= 15 is 0 Å². The normalized spacial score (nSPS) is 20.6. The number of benzene rings is 2. The molecule has 4 heteroatoms. The van der Waals surface area contributed by atoms with E-state index in [0.717, 1.165) is 55.9 Å². The number of nitrogens with zero attached hydrogens (tertiary/aromatic N) is 2. The fourth-order valence-corrected chi connectivity index (χ4v) is 4.01. The molecule has 0 aromatic heterocycles. The third kappa shape index (κ3) is 3.27. The Kier molecular flexibility index (Phi) is 4.45. The summed E-state index contributed by atoms with van der Waals surface area (Å²) in [6.07, 6.45) is 1.97. The number of methoxy groups -OCH3 is 1. The average molecular weight is 336 g/mol. The number of hydrogen-bond acceptors (Lipinski definition) is 3. The summed E-state index contributed by atoms with van der Waals surface area (Å²) in [7, 11) is 1.67. The van der Waals surface area contributed by atoms with Crippen LogP contribution in [0.25, 0.3) is 0 Å². The van der Waals surface area contributed by atoms with Gasteiger partial charge in [0, 0.05) is 37.8 Å². The van der Waals surface area contributed by atoms with Crippen molar-refractivity contribution >= 4 is 5.91 Å². The molecule has 2 aromatic carbocycles. The van der Waals surface area contributed by atoms with Crippen LogP contribution in [0.1, 0.15) is 27.9 Å². The summed E-state index contributed by atoms with van der Waals surface area (Å²) < 4.78 is 5.28. The Morgan fingerprint density at radius 2 is 1.96 bits per heavy atom. The van der Waals surface area contributed by atoms with Gasteiger partial charge in [-0.2, -0.15) is 0 Å². The standard InChI is InChI=1S/C21H24N2O2/c1-25-19-7-8-20-17(13-19)9-12-23(21(20)24)18-10-11-22(15-18)14-16-5-3-2-4-6-16/h2-8,13,18H,9-12,14-15H2,1H3/t18-/m1/s1. The van der Waals surface area contributed by atoms with Crippen molar-refractivity contribution in [2.24, 2.45) is 0 Å². The Morgan fingerprint density at radius 1 is 1.12 bits per heavy atom. The summed E-state index contributed by atoms with van der Waals surface area (Å²) in [6, 6.07) is 16.7. The first-order chi connectivity index (χ1) is 12.2. The number of likely N-dealkylation sites (tertiary alicyclic amines) is 1. The third-order valence-corrected chi connectivity index (χ3v) is 5.36. The van der Waals surface area contributed by atoms with Crippen molar-refractivity contribution in [3.8, 4) is 5.75 Å². The Morgan fingerprint density at radius 3 is 2.76 bits per heavy atom. The van der Waals surface area contributed by atoms with E-state index in [2.05, 4.69) is 40.1 Å². The van der Waals surface area contributed by atoms with Gasteiger partial charge in [-0.25, -0.2) is 0 Å². The highest BCUT2D eigenvalue weighted by Gasteiger charge is 2.34. The average Bonchev–Trinajstić information content (AvgIpc) is 3.10. The highest BCUT2D eigenvalue weighted by molar-refractivity contribution is 5.97. The van der Waals surface area contributed by atoms with E-state index in [9.17, 15) is 4.79 Å². The number of carbonyl (C=O) groups is 1. The monoisotopic (exact) mass is 336 g/mol. The number of ether oxygens (including phenoxy) is 1. The number of carbonyl (C=O) groups excluding carboxylic acids is 1. The number of hydrogen-bond donors (Lipinski definition) is 0. The summed E-state index contributed by atoms with van der Waals surface area (Å²) in [5.74, 6) is 1.00. The molecule has 0 aliphatic carbocycles. The van der Waals surface area contributed by atoms with Crippen LogP contribution in [0.15, 0.2) is 48.5 Å². The first-order valence-corrected chi connectivity index (χ1v) is 8.99. The second kappa shape index (κ2) is 6.89. The molecule has 0 saturated carbocycles. The summed E-state index contributed by atoms with van der Waals surface area (Å²) in [5.41, 5.74) is 3.29. The lowest BCUT2D eigenvalue weighted by atomic mass is 9.97. The van der Waals surface area contributed by atoms with Crippen LogP contribution in [0.3, 0.4) is 0 Å². The molecule has 0 radical (unpaired) electrons. The van der Waals surface area contributed by atoms with Gasteiger partial charge in [-0.15, -0.1) is 0 Å². The van der Waals surface area contributed by atoms with Gasteiger partial charge in [0.15, 0.2) is 0 Å². The van der Waals surface area contributed by atoms with E-state index in [1.165, 1.54) is 5.56 Å². The lowest BCUT2D eigenvalue weighted by molar-refractivity contribution is 0.0663. The summed E-state index contributed by atoms with van der Waals surface area (Å²) in [6.45, 7) is 3.79. The molecule has 2 heterocycles. The second-order valence-electron chi connectivity index (χ2n) is 6.93. The summed E-state index contributed by atoms with van der Waals surface area (Å²) >= 11 is 0. The van der Waals surface area contributed by atoms with Gasteiger partial charge in [0.05, 0.1) is 7.11 Å². The maximum absolute atomic E-state index is 12.9. The highest BCUT2D eigenvalue weighted by atomic mass is 16.5. The van der Waals surface area contributed by atoms with E-state index in [-0.39, 0.29) is 5.91 Å². The van der Waals surface area contributed by atoms with Crippen LogP contribution in [0.5, 0.6) is 5.75 Å². The van der Waals surface area contributed by atoms with Gasteiger partial charge in [0.2, 0.25) is 0 Å². The summed E-state index contributed by atoms with van der Waals surface area (Å²) in [5, 5.41) is 0. The fourth-order valence-electron chi connectivity index (χ4n) is 4.01. The molecule has 2 aliphatic heterocycles. The van der Waals surface area contributed by atoms with Gasteiger partial charge in [0.1, 0.15) is 5.75 Å². The first kappa shape index (κ1) is 16.2. The molecule has 130 valence electrons. The molecule has 0 N–H and O–H groups in total. The molecule has 4 rings (SSSR count). The van der Waals surface area contributed by atoms with Gasteiger partial charge in [-0.05, 0) is 42.2 Å². The Balaban J connectivity index is 1.43. The molecule has 0 spiro atoms. The molecule has 1 fully saturated rings. The van der Waals surface area contributed by atoms with Crippen LogP contribution in [0, 0.1) is 0 Å². The maximum Gasteiger partial charge on any atom is 0.254 e. The fraction of sp³-hybridized carbons (Fsp3) is 0.381. The van der Waals surface area contributed by atoms with E-state index < -0.39 is 0 Å². The maximum atomic E-state index is 12.9. The van der Waals surface area contributed by atoms with Crippen molar-refractivity contribution in [3.05, 3.63) is 65.2 Å². The van der Waals surface area contributed by atoms with Crippen molar-refractivity contribution in [2.45, 2.75) is 25.4 Å². The zero-order valence-electron chi connectivity index (χ0n) is 14.6. The van der Waals surface area contributed by atoms with E-state index in [1.54, 1.807) is 7.11 Å². The number of fused-ring (bicyclic) bond motifs is 1. The third-order valence-electron chi connectivity index (χ3n) is 5.36. The van der Waals surface area contributed by atoms with E-state index in [0.29, 0.717) is 6.04 Å². The van der Waals surface area contributed by atoms with Crippen molar-refractivity contribution in [1.29, 1.82) is 0 Å². The minimum Gasteiger partial charge on any atom is -0.497 e. The molecule has 0 bridgehead atoms. The molecule has 4 nitrogen and oxygen atoms in total. The van der Waals surface area contributed by atoms with Crippen molar-refractivity contribution in [3.63, 3.8) is 0 Å². The quantitative estimate of drug-likeness (QED) is 0.860. The van der Waals surface area contributed by atoms with Crippen LogP contribution < -0.4 is 4.74 Å².